The lowest BCUT2D eigenvalue weighted by Gasteiger charge is -2.43. The fourth-order valence-electron chi connectivity index (χ4n) is 4.26. The summed E-state index contributed by atoms with van der Waals surface area (Å²) in [7, 11) is 0. The molecule has 1 saturated heterocycles. The third kappa shape index (κ3) is 4.46. The van der Waals surface area contributed by atoms with Gasteiger partial charge in [-0.05, 0) is 62.4 Å². The quantitative estimate of drug-likeness (QED) is 0.837. The summed E-state index contributed by atoms with van der Waals surface area (Å²) in [5, 5.41) is 3.74. The first-order chi connectivity index (χ1) is 9.00. The summed E-state index contributed by atoms with van der Waals surface area (Å²) in [6.45, 7) is 14.6. The number of hydrogen-bond acceptors (Lipinski definition) is 2. The van der Waals surface area contributed by atoms with E-state index >= 15 is 0 Å². The van der Waals surface area contributed by atoms with Gasteiger partial charge in [-0.25, -0.2) is 0 Å². The Morgan fingerprint density at radius 2 is 2.05 bits per heavy atom. The number of hydrogen-bond donors (Lipinski definition) is 1. The number of piperidine rings is 1. The Labute approximate surface area is 120 Å². The first-order valence-electron chi connectivity index (χ1n) is 8.46. The second-order valence-corrected chi connectivity index (χ2v) is 7.85. The van der Waals surface area contributed by atoms with Gasteiger partial charge in [-0.3, -0.25) is 0 Å². The van der Waals surface area contributed by atoms with Crippen LogP contribution in [0.25, 0.3) is 0 Å². The minimum Gasteiger partial charge on any atom is -0.314 e. The zero-order valence-electron chi connectivity index (χ0n) is 13.5. The average molecular weight is 266 g/mol. The molecule has 0 aromatic carbocycles. The van der Waals surface area contributed by atoms with Crippen molar-refractivity contribution in [3.05, 3.63) is 0 Å². The van der Waals surface area contributed by atoms with Crippen LogP contribution >= 0.6 is 0 Å². The van der Waals surface area contributed by atoms with E-state index < -0.39 is 0 Å². The molecule has 1 N–H and O–H groups in total. The molecule has 0 amide bonds. The van der Waals surface area contributed by atoms with E-state index in [1.54, 1.807) is 0 Å². The molecule has 112 valence electrons. The molecule has 3 unspecified atom stereocenters. The molecule has 2 heteroatoms. The summed E-state index contributed by atoms with van der Waals surface area (Å²) in [6, 6.07) is 0.770. The van der Waals surface area contributed by atoms with Crippen molar-refractivity contribution in [2.24, 2.45) is 17.3 Å². The molecule has 2 nitrogen and oxygen atoms in total. The topological polar surface area (TPSA) is 15.3 Å². The summed E-state index contributed by atoms with van der Waals surface area (Å²) in [6.07, 6.45) is 7.02. The molecule has 1 aliphatic carbocycles. The second kappa shape index (κ2) is 6.58. The molecule has 19 heavy (non-hydrogen) atoms. The Kier molecular flexibility index (Phi) is 5.30. The Balaban J connectivity index is 1.90. The number of rotatable bonds is 4. The SMILES string of the molecule is CCNC1CCC(C)CC1CN1CCCC(C)(C)C1. The van der Waals surface area contributed by atoms with Gasteiger partial charge < -0.3 is 10.2 Å². The van der Waals surface area contributed by atoms with Crippen molar-refractivity contribution >= 4 is 0 Å². The molecule has 1 aliphatic heterocycles. The zero-order valence-corrected chi connectivity index (χ0v) is 13.5. The highest BCUT2D eigenvalue weighted by molar-refractivity contribution is 4.88. The van der Waals surface area contributed by atoms with Crippen molar-refractivity contribution in [2.75, 3.05) is 26.2 Å². The van der Waals surface area contributed by atoms with Gasteiger partial charge in [-0.15, -0.1) is 0 Å². The zero-order chi connectivity index (χ0) is 13.9. The fraction of sp³-hybridized carbons (Fsp3) is 1.00. The molecule has 0 spiro atoms. The molecule has 1 saturated carbocycles. The molecule has 2 fully saturated rings. The molecular formula is C17H34N2. The first-order valence-corrected chi connectivity index (χ1v) is 8.46. The summed E-state index contributed by atoms with van der Waals surface area (Å²) in [5.41, 5.74) is 0.534. The lowest BCUT2D eigenvalue weighted by atomic mass is 9.77. The van der Waals surface area contributed by atoms with Gasteiger partial charge >= 0.3 is 0 Å². The lowest BCUT2D eigenvalue weighted by Crippen LogP contribution is -2.49. The largest absolute Gasteiger partial charge is 0.314 e. The first kappa shape index (κ1) is 15.3. The van der Waals surface area contributed by atoms with E-state index in [1.807, 2.05) is 0 Å². The highest BCUT2D eigenvalue weighted by Crippen LogP contribution is 2.33. The van der Waals surface area contributed by atoms with Crippen LogP contribution in [0.4, 0.5) is 0 Å². The van der Waals surface area contributed by atoms with Gasteiger partial charge in [0.25, 0.3) is 0 Å². The van der Waals surface area contributed by atoms with E-state index in [4.69, 9.17) is 0 Å². The second-order valence-electron chi connectivity index (χ2n) is 7.85. The predicted molar refractivity (Wildman–Crippen MR) is 83.4 cm³/mol. The molecular weight excluding hydrogens is 232 g/mol. The minimum atomic E-state index is 0.534. The van der Waals surface area contributed by atoms with E-state index in [0.29, 0.717) is 5.41 Å². The van der Waals surface area contributed by atoms with Crippen LogP contribution in [-0.4, -0.2) is 37.1 Å². The van der Waals surface area contributed by atoms with Crippen LogP contribution in [0.5, 0.6) is 0 Å². The van der Waals surface area contributed by atoms with E-state index in [1.165, 1.54) is 51.7 Å². The van der Waals surface area contributed by atoms with Crippen molar-refractivity contribution in [3.63, 3.8) is 0 Å². The number of nitrogens with zero attached hydrogens (tertiary/aromatic N) is 1. The molecule has 0 aromatic rings. The molecule has 2 aliphatic rings. The van der Waals surface area contributed by atoms with Crippen LogP contribution in [0.1, 0.15) is 59.8 Å². The monoisotopic (exact) mass is 266 g/mol. The van der Waals surface area contributed by atoms with Gasteiger partial charge in [-0.1, -0.05) is 27.7 Å². The molecule has 0 aromatic heterocycles. The van der Waals surface area contributed by atoms with Crippen molar-refractivity contribution < 1.29 is 0 Å². The fourth-order valence-corrected chi connectivity index (χ4v) is 4.26. The Hall–Kier alpha value is -0.0800. The Bertz CT molecular complexity index is 274. The average Bonchev–Trinajstić information content (AvgIpc) is 2.31. The van der Waals surface area contributed by atoms with E-state index in [9.17, 15) is 0 Å². The third-order valence-electron chi connectivity index (χ3n) is 5.18. The van der Waals surface area contributed by atoms with Crippen molar-refractivity contribution in [1.82, 2.24) is 10.2 Å². The lowest BCUT2D eigenvalue weighted by molar-refractivity contribution is 0.0770. The van der Waals surface area contributed by atoms with Crippen molar-refractivity contribution in [2.45, 2.75) is 65.8 Å². The number of nitrogens with one attached hydrogen (secondary N) is 1. The predicted octanol–water partition coefficient (Wildman–Crippen LogP) is 3.52. The molecule has 1 heterocycles. The summed E-state index contributed by atoms with van der Waals surface area (Å²) in [5.74, 6) is 1.80. The Morgan fingerprint density at radius 1 is 1.26 bits per heavy atom. The van der Waals surface area contributed by atoms with Crippen molar-refractivity contribution in [3.8, 4) is 0 Å². The van der Waals surface area contributed by atoms with Gasteiger partial charge in [0.05, 0.1) is 0 Å². The van der Waals surface area contributed by atoms with Crippen LogP contribution in [0, 0.1) is 17.3 Å². The highest BCUT2D eigenvalue weighted by atomic mass is 15.1. The van der Waals surface area contributed by atoms with Crippen LogP contribution in [0.15, 0.2) is 0 Å². The summed E-state index contributed by atoms with van der Waals surface area (Å²) in [4.78, 5) is 2.75. The smallest absolute Gasteiger partial charge is 0.0108 e. The standard InChI is InChI=1S/C17H34N2/c1-5-18-16-8-7-14(2)11-15(16)12-19-10-6-9-17(3,4)13-19/h14-16,18H,5-13H2,1-4H3. The van der Waals surface area contributed by atoms with Crippen LogP contribution in [0.2, 0.25) is 0 Å². The van der Waals surface area contributed by atoms with Gasteiger partial charge in [0.15, 0.2) is 0 Å². The van der Waals surface area contributed by atoms with E-state index in [-0.39, 0.29) is 0 Å². The maximum atomic E-state index is 3.74. The van der Waals surface area contributed by atoms with Crippen LogP contribution in [0.3, 0.4) is 0 Å². The molecule has 0 bridgehead atoms. The van der Waals surface area contributed by atoms with E-state index in [2.05, 4.69) is 37.9 Å². The number of likely N-dealkylation sites (tertiary alicyclic amines) is 1. The maximum Gasteiger partial charge on any atom is 0.0108 e. The maximum absolute atomic E-state index is 3.74. The van der Waals surface area contributed by atoms with Crippen LogP contribution < -0.4 is 5.32 Å². The Morgan fingerprint density at radius 3 is 2.74 bits per heavy atom. The minimum absolute atomic E-state index is 0.534. The normalized spacial score (nSPS) is 36.3. The highest BCUT2D eigenvalue weighted by Gasteiger charge is 2.32. The van der Waals surface area contributed by atoms with Gasteiger partial charge in [0, 0.05) is 19.1 Å². The molecule has 0 radical (unpaired) electrons. The van der Waals surface area contributed by atoms with Gasteiger partial charge in [0.2, 0.25) is 0 Å². The molecule has 3 atom stereocenters. The van der Waals surface area contributed by atoms with Crippen molar-refractivity contribution in [1.29, 1.82) is 0 Å². The van der Waals surface area contributed by atoms with E-state index in [0.717, 1.165) is 24.4 Å². The summed E-state index contributed by atoms with van der Waals surface area (Å²) >= 11 is 0. The van der Waals surface area contributed by atoms with Crippen LogP contribution in [-0.2, 0) is 0 Å². The van der Waals surface area contributed by atoms with Gasteiger partial charge in [-0.2, -0.15) is 0 Å². The third-order valence-corrected chi connectivity index (χ3v) is 5.18. The summed E-state index contributed by atoms with van der Waals surface area (Å²) < 4.78 is 0. The van der Waals surface area contributed by atoms with Gasteiger partial charge in [0.1, 0.15) is 0 Å². The molecule has 2 rings (SSSR count).